The van der Waals surface area contributed by atoms with Gasteiger partial charge >= 0.3 is 0 Å². The number of hydrogen-bond donors (Lipinski definition) is 1. The number of amides is 1. The monoisotopic (exact) mass is 410 g/mol. The van der Waals surface area contributed by atoms with Crippen LogP contribution in [0.2, 0.25) is 5.02 Å². The molecule has 6 nitrogen and oxygen atoms in total. The first-order chi connectivity index (χ1) is 14.2. The summed E-state index contributed by atoms with van der Waals surface area (Å²) in [4.78, 5) is 18.9. The first-order valence-corrected chi connectivity index (χ1v) is 10.2. The lowest BCUT2D eigenvalue weighted by Gasteiger charge is -2.21. The lowest BCUT2D eigenvalue weighted by atomic mass is 9.96. The van der Waals surface area contributed by atoms with E-state index in [1.54, 1.807) is 30.5 Å². The van der Waals surface area contributed by atoms with Gasteiger partial charge in [0.05, 0.1) is 6.54 Å². The molecule has 1 N–H and O–H groups in total. The fourth-order valence-electron chi connectivity index (χ4n) is 3.64. The van der Waals surface area contributed by atoms with Crippen LogP contribution in [0.3, 0.4) is 0 Å². The molecule has 4 rings (SSSR count). The topological polar surface area (TPSA) is 71.3 Å². The van der Waals surface area contributed by atoms with Gasteiger partial charge in [-0.2, -0.15) is 0 Å². The molecule has 0 saturated heterocycles. The van der Waals surface area contributed by atoms with Crippen molar-refractivity contribution in [3.8, 4) is 0 Å². The zero-order chi connectivity index (χ0) is 20.1. The predicted octanol–water partition coefficient (Wildman–Crippen LogP) is 4.24. The zero-order valence-corrected chi connectivity index (χ0v) is 16.9. The van der Waals surface area contributed by atoms with Crippen LogP contribution in [-0.2, 0) is 30.7 Å². The molecule has 150 valence electrons. The smallest absolute Gasteiger partial charge is 0.238 e. The van der Waals surface area contributed by atoms with Gasteiger partial charge in [0, 0.05) is 48.2 Å². The Bertz CT molecular complexity index is 957. The highest BCUT2D eigenvalue weighted by Gasteiger charge is 2.22. The highest BCUT2D eigenvalue weighted by Crippen LogP contribution is 2.25. The van der Waals surface area contributed by atoms with Crippen LogP contribution in [0.15, 0.2) is 53.3 Å². The maximum Gasteiger partial charge on any atom is 0.238 e. The van der Waals surface area contributed by atoms with E-state index in [0.717, 1.165) is 48.4 Å². The molecule has 0 aliphatic heterocycles. The molecule has 0 spiro atoms. The van der Waals surface area contributed by atoms with E-state index in [0.29, 0.717) is 18.1 Å². The second kappa shape index (κ2) is 9.20. The van der Waals surface area contributed by atoms with E-state index >= 15 is 0 Å². The third-order valence-corrected chi connectivity index (χ3v) is 5.28. The number of carbonyl (C=O) groups is 1. The molecule has 0 radical (unpaired) electrons. The Morgan fingerprint density at radius 3 is 2.76 bits per heavy atom. The fourth-order valence-corrected chi connectivity index (χ4v) is 3.77. The Labute approximate surface area is 174 Å². The summed E-state index contributed by atoms with van der Waals surface area (Å²) in [6.07, 6.45) is 7.80. The molecule has 0 unspecified atom stereocenters. The van der Waals surface area contributed by atoms with Crippen molar-refractivity contribution in [3.05, 3.63) is 76.4 Å². The van der Waals surface area contributed by atoms with Gasteiger partial charge < -0.3 is 9.84 Å². The minimum atomic E-state index is -0.0893. The second-order valence-corrected chi connectivity index (χ2v) is 7.74. The Morgan fingerprint density at radius 1 is 1.14 bits per heavy atom. The summed E-state index contributed by atoms with van der Waals surface area (Å²) in [6, 6.07) is 11.0. The third-order valence-electron chi connectivity index (χ3n) is 5.03. The number of fused-ring (bicyclic) bond motifs is 1. The molecule has 2 heterocycles. The number of aryl methyl sites for hydroxylation is 1. The molecule has 1 aromatic carbocycles. The maximum atomic E-state index is 12.7. The maximum absolute atomic E-state index is 12.7. The molecule has 0 bridgehead atoms. The van der Waals surface area contributed by atoms with Crippen LogP contribution in [-0.4, -0.2) is 27.5 Å². The van der Waals surface area contributed by atoms with Crippen molar-refractivity contribution in [3.63, 3.8) is 0 Å². The molecular weight excluding hydrogens is 388 g/mol. The van der Waals surface area contributed by atoms with E-state index in [1.807, 2.05) is 18.3 Å². The molecule has 0 atom stereocenters. The number of benzene rings is 1. The van der Waals surface area contributed by atoms with E-state index < -0.39 is 0 Å². The van der Waals surface area contributed by atoms with Crippen LogP contribution in [0, 0.1) is 0 Å². The molecule has 2 aromatic heterocycles. The largest absolute Gasteiger partial charge is 0.361 e. The minimum Gasteiger partial charge on any atom is -0.361 e. The number of rotatable bonds is 7. The number of nitrogens with zero attached hydrogens (tertiary/aromatic N) is 3. The van der Waals surface area contributed by atoms with Gasteiger partial charge in [0.1, 0.15) is 11.5 Å². The lowest BCUT2D eigenvalue weighted by molar-refractivity contribution is -0.117. The minimum absolute atomic E-state index is 0.0893. The summed E-state index contributed by atoms with van der Waals surface area (Å²) in [6.45, 7) is 1.39. The summed E-state index contributed by atoms with van der Waals surface area (Å²) in [5.41, 5.74) is 3.91. The van der Waals surface area contributed by atoms with Crippen LogP contribution in [0.4, 0.5) is 5.69 Å². The highest BCUT2D eigenvalue weighted by atomic mass is 35.5. The van der Waals surface area contributed by atoms with Crippen molar-refractivity contribution in [2.24, 2.45) is 0 Å². The van der Waals surface area contributed by atoms with Crippen molar-refractivity contribution in [1.82, 2.24) is 15.0 Å². The fraction of sp³-hybridized carbons (Fsp3) is 0.318. The molecule has 29 heavy (non-hydrogen) atoms. The normalized spacial score (nSPS) is 13.3. The number of anilines is 1. The van der Waals surface area contributed by atoms with Crippen LogP contribution in [0.25, 0.3) is 0 Å². The molecule has 7 heteroatoms. The van der Waals surface area contributed by atoms with E-state index in [9.17, 15) is 4.79 Å². The van der Waals surface area contributed by atoms with Gasteiger partial charge in [-0.1, -0.05) is 22.8 Å². The van der Waals surface area contributed by atoms with E-state index in [1.165, 1.54) is 5.56 Å². The Balaban J connectivity index is 1.48. The predicted molar refractivity (Wildman–Crippen MR) is 112 cm³/mol. The molecule has 1 amide bonds. The summed E-state index contributed by atoms with van der Waals surface area (Å²) >= 11 is 5.92. The number of halogens is 1. The van der Waals surface area contributed by atoms with Gasteiger partial charge in [0.2, 0.25) is 5.91 Å². The van der Waals surface area contributed by atoms with Gasteiger partial charge in [-0.3, -0.25) is 14.7 Å². The van der Waals surface area contributed by atoms with Crippen LogP contribution >= 0.6 is 11.6 Å². The average Bonchev–Trinajstić information content (AvgIpc) is 3.13. The standard InChI is InChI=1S/C22H23ClN4O2/c23-17-7-9-18(10-8-17)25-22(28)15-27(13-16-4-3-11-24-12-16)14-20-19-5-1-2-6-21(19)29-26-20/h3-4,7-12H,1-2,5-6,13-15H2,(H,25,28). The van der Waals surface area contributed by atoms with Crippen molar-refractivity contribution in [2.75, 3.05) is 11.9 Å². The molecule has 1 aliphatic rings. The summed E-state index contributed by atoms with van der Waals surface area (Å²) in [5, 5.41) is 7.87. The zero-order valence-electron chi connectivity index (χ0n) is 16.1. The Morgan fingerprint density at radius 2 is 1.97 bits per heavy atom. The number of aromatic nitrogens is 2. The van der Waals surface area contributed by atoms with Gasteiger partial charge in [-0.25, -0.2) is 0 Å². The van der Waals surface area contributed by atoms with Crippen molar-refractivity contribution in [1.29, 1.82) is 0 Å². The van der Waals surface area contributed by atoms with Crippen molar-refractivity contribution >= 4 is 23.2 Å². The molecule has 0 fully saturated rings. The van der Waals surface area contributed by atoms with E-state index in [-0.39, 0.29) is 12.5 Å². The SMILES string of the molecule is O=C(CN(Cc1cccnc1)Cc1noc2c1CCCC2)Nc1ccc(Cl)cc1. The number of hydrogen-bond acceptors (Lipinski definition) is 5. The van der Waals surface area contributed by atoms with Gasteiger partial charge in [-0.05, 0) is 55.2 Å². The molecule has 0 saturated carbocycles. The molecule has 1 aliphatic carbocycles. The summed E-state index contributed by atoms with van der Waals surface area (Å²) in [5.74, 6) is 0.909. The number of nitrogens with one attached hydrogen (secondary N) is 1. The van der Waals surface area contributed by atoms with Crippen molar-refractivity contribution in [2.45, 2.75) is 38.8 Å². The second-order valence-electron chi connectivity index (χ2n) is 7.30. The van der Waals surface area contributed by atoms with Gasteiger partial charge in [0.25, 0.3) is 0 Å². The highest BCUT2D eigenvalue weighted by molar-refractivity contribution is 6.30. The van der Waals surface area contributed by atoms with Crippen LogP contribution in [0.1, 0.15) is 35.4 Å². The molecular formula is C22H23ClN4O2. The first-order valence-electron chi connectivity index (χ1n) is 9.80. The molecule has 3 aromatic rings. The quantitative estimate of drug-likeness (QED) is 0.630. The average molecular weight is 411 g/mol. The van der Waals surface area contributed by atoms with Crippen LogP contribution in [0.5, 0.6) is 0 Å². The summed E-state index contributed by atoms with van der Waals surface area (Å²) < 4.78 is 5.55. The first kappa shape index (κ1) is 19.6. The number of pyridine rings is 1. The number of carbonyl (C=O) groups excluding carboxylic acids is 1. The van der Waals surface area contributed by atoms with Gasteiger partial charge in [0.15, 0.2) is 0 Å². The van der Waals surface area contributed by atoms with Crippen LogP contribution < -0.4 is 5.32 Å². The summed E-state index contributed by atoms with van der Waals surface area (Å²) in [7, 11) is 0. The Kier molecular flexibility index (Phi) is 6.22. The van der Waals surface area contributed by atoms with Gasteiger partial charge in [-0.15, -0.1) is 0 Å². The van der Waals surface area contributed by atoms with Crippen molar-refractivity contribution < 1.29 is 9.32 Å². The lowest BCUT2D eigenvalue weighted by Crippen LogP contribution is -2.33. The van der Waals surface area contributed by atoms with E-state index in [4.69, 9.17) is 16.1 Å². The Hall–Kier alpha value is -2.70. The van der Waals surface area contributed by atoms with E-state index in [2.05, 4.69) is 20.4 Å². The third kappa shape index (κ3) is 5.22.